The second kappa shape index (κ2) is 5.23. The Labute approximate surface area is 118 Å². The van der Waals surface area contributed by atoms with Crippen LogP contribution in [-0.2, 0) is 4.79 Å². The minimum Gasteiger partial charge on any atom is -0.350 e. The van der Waals surface area contributed by atoms with E-state index in [2.05, 4.69) is 10.3 Å². The lowest BCUT2D eigenvalue weighted by Crippen LogP contribution is -2.62. The van der Waals surface area contributed by atoms with Crippen LogP contribution in [0.4, 0.5) is 0 Å². The number of nitrogens with one attached hydrogen (secondary N) is 1. The summed E-state index contributed by atoms with van der Waals surface area (Å²) in [6.07, 6.45) is 7.48. The number of piperazine rings is 1. The van der Waals surface area contributed by atoms with Crippen LogP contribution in [0.25, 0.3) is 0 Å². The number of aryl methyl sites for hydroxylation is 1. The molecule has 1 saturated carbocycles. The molecule has 5 heteroatoms. The van der Waals surface area contributed by atoms with Crippen LogP contribution < -0.4 is 5.32 Å². The number of carbonyl (C=O) groups excluding carboxylic acids is 2. The van der Waals surface area contributed by atoms with E-state index in [1.807, 2.05) is 13.0 Å². The quantitative estimate of drug-likeness (QED) is 0.838. The number of rotatable bonds is 1. The lowest BCUT2D eigenvalue weighted by Gasteiger charge is -2.43. The summed E-state index contributed by atoms with van der Waals surface area (Å²) in [4.78, 5) is 30.3. The molecule has 2 atom stereocenters. The van der Waals surface area contributed by atoms with Crippen molar-refractivity contribution in [3.05, 3.63) is 29.6 Å². The number of aromatic nitrogens is 1. The Hall–Kier alpha value is -1.91. The molecule has 0 spiro atoms. The fourth-order valence-electron chi connectivity index (χ4n) is 3.24. The molecule has 106 valence electrons. The van der Waals surface area contributed by atoms with E-state index >= 15 is 0 Å². The van der Waals surface area contributed by atoms with Gasteiger partial charge in [-0.3, -0.25) is 14.6 Å². The van der Waals surface area contributed by atoms with Crippen LogP contribution in [-0.4, -0.2) is 40.3 Å². The van der Waals surface area contributed by atoms with E-state index in [4.69, 9.17) is 0 Å². The largest absolute Gasteiger partial charge is 0.350 e. The fraction of sp³-hybridized carbons (Fsp3) is 0.533. The van der Waals surface area contributed by atoms with E-state index < -0.39 is 0 Å². The molecule has 0 bridgehead atoms. The summed E-state index contributed by atoms with van der Waals surface area (Å²) in [7, 11) is 0. The van der Waals surface area contributed by atoms with Gasteiger partial charge in [0.2, 0.25) is 5.91 Å². The van der Waals surface area contributed by atoms with Gasteiger partial charge in [-0.25, -0.2) is 0 Å². The smallest absolute Gasteiger partial charge is 0.256 e. The van der Waals surface area contributed by atoms with Crippen molar-refractivity contribution in [2.24, 2.45) is 0 Å². The van der Waals surface area contributed by atoms with Gasteiger partial charge in [0.05, 0.1) is 11.6 Å². The minimum atomic E-state index is -0.0760. The monoisotopic (exact) mass is 273 g/mol. The third-order valence-corrected chi connectivity index (χ3v) is 4.17. The molecular weight excluding hydrogens is 254 g/mol. The summed E-state index contributed by atoms with van der Waals surface area (Å²) in [5, 5.41) is 3.02. The van der Waals surface area contributed by atoms with E-state index in [1.165, 1.54) is 0 Å². The maximum atomic E-state index is 12.7. The van der Waals surface area contributed by atoms with Gasteiger partial charge < -0.3 is 10.2 Å². The number of nitrogens with zero attached hydrogens (tertiary/aromatic N) is 2. The van der Waals surface area contributed by atoms with Gasteiger partial charge in [0, 0.05) is 18.4 Å². The highest BCUT2D eigenvalue weighted by atomic mass is 16.2. The van der Waals surface area contributed by atoms with Crippen molar-refractivity contribution in [2.75, 3.05) is 6.54 Å². The van der Waals surface area contributed by atoms with Gasteiger partial charge in [0.25, 0.3) is 5.91 Å². The number of fused-ring (bicyclic) bond motifs is 1. The SMILES string of the molecule is Cc1cncc(C(=O)N2CC(=O)N[C@@H]3CCCC[C@@H]32)c1. The third-order valence-electron chi connectivity index (χ3n) is 4.17. The first-order valence-electron chi connectivity index (χ1n) is 7.17. The summed E-state index contributed by atoms with van der Waals surface area (Å²) < 4.78 is 0. The predicted molar refractivity (Wildman–Crippen MR) is 74.2 cm³/mol. The lowest BCUT2D eigenvalue weighted by molar-refractivity contribution is -0.127. The number of pyridine rings is 1. The van der Waals surface area contributed by atoms with Crippen LogP contribution in [0.2, 0.25) is 0 Å². The average Bonchev–Trinajstić information content (AvgIpc) is 2.45. The molecule has 2 heterocycles. The zero-order chi connectivity index (χ0) is 14.1. The molecule has 3 rings (SSSR count). The normalized spacial score (nSPS) is 25.9. The molecule has 0 aromatic carbocycles. The molecule has 2 fully saturated rings. The summed E-state index contributed by atoms with van der Waals surface area (Å²) in [6, 6.07) is 2.08. The zero-order valence-corrected chi connectivity index (χ0v) is 11.6. The maximum absolute atomic E-state index is 12.7. The molecule has 1 aromatic rings. The van der Waals surface area contributed by atoms with Crippen molar-refractivity contribution in [1.82, 2.24) is 15.2 Å². The highest BCUT2D eigenvalue weighted by Gasteiger charge is 2.39. The van der Waals surface area contributed by atoms with Crippen LogP contribution >= 0.6 is 0 Å². The molecule has 0 unspecified atom stereocenters. The first-order valence-corrected chi connectivity index (χ1v) is 7.17. The molecule has 5 nitrogen and oxygen atoms in total. The van der Waals surface area contributed by atoms with Gasteiger partial charge in [-0.1, -0.05) is 12.8 Å². The molecule has 2 amide bonds. The van der Waals surface area contributed by atoms with E-state index in [9.17, 15) is 9.59 Å². The molecule has 1 N–H and O–H groups in total. The standard InChI is InChI=1S/C15H19N3O2/c1-10-6-11(8-16-7-10)15(20)18-9-14(19)17-12-4-2-3-5-13(12)18/h6-8,12-13H,2-5,9H2,1H3,(H,17,19)/t12-,13+/m1/s1. The highest BCUT2D eigenvalue weighted by Crippen LogP contribution is 2.27. The van der Waals surface area contributed by atoms with Gasteiger partial charge >= 0.3 is 0 Å². The molecule has 0 radical (unpaired) electrons. The molecular formula is C15H19N3O2. The number of hydrogen-bond acceptors (Lipinski definition) is 3. The van der Waals surface area contributed by atoms with E-state index in [1.54, 1.807) is 17.3 Å². The van der Waals surface area contributed by atoms with Gasteiger partial charge in [0.15, 0.2) is 0 Å². The van der Waals surface area contributed by atoms with Crippen molar-refractivity contribution in [2.45, 2.75) is 44.7 Å². The van der Waals surface area contributed by atoms with Crippen LogP contribution in [0.5, 0.6) is 0 Å². The molecule has 1 saturated heterocycles. The van der Waals surface area contributed by atoms with Crippen molar-refractivity contribution in [1.29, 1.82) is 0 Å². The Bertz CT molecular complexity index is 544. The van der Waals surface area contributed by atoms with Crippen molar-refractivity contribution in [3.63, 3.8) is 0 Å². The van der Waals surface area contributed by atoms with E-state index in [-0.39, 0.29) is 30.4 Å². The third kappa shape index (κ3) is 2.40. The highest BCUT2D eigenvalue weighted by molar-refractivity contribution is 5.97. The van der Waals surface area contributed by atoms with Crippen molar-refractivity contribution in [3.8, 4) is 0 Å². The first kappa shape index (κ1) is 13.1. The number of amides is 2. The second-order valence-corrected chi connectivity index (χ2v) is 5.71. The molecule has 1 aliphatic carbocycles. The van der Waals surface area contributed by atoms with Gasteiger partial charge in [-0.15, -0.1) is 0 Å². The predicted octanol–water partition coefficient (Wildman–Crippen LogP) is 1.27. The maximum Gasteiger partial charge on any atom is 0.256 e. The van der Waals surface area contributed by atoms with Crippen LogP contribution in [0.3, 0.4) is 0 Å². The van der Waals surface area contributed by atoms with E-state index in [0.29, 0.717) is 5.56 Å². The Kier molecular flexibility index (Phi) is 3.42. The summed E-state index contributed by atoms with van der Waals surface area (Å²) in [5.41, 5.74) is 1.53. The molecule has 20 heavy (non-hydrogen) atoms. The van der Waals surface area contributed by atoms with Crippen molar-refractivity contribution < 1.29 is 9.59 Å². The van der Waals surface area contributed by atoms with E-state index in [0.717, 1.165) is 31.2 Å². The van der Waals surface area contributed by atoms with Crippen molar-refractivity contribution >= 4 is 11.8 Å². The fourth-order valence-corrected chi connectivity index (χ4v) is 3.24. The Balaban J connectivity index is 1.86. The van der Waals surface area contributed by atoms with Gasteiger partial charge in [-0.05, 0) is 31.4 Å². The van der Waals surface area contributed by atoms with Crippen LogP contribution in [0.15, 0.2) is 18.5 Å². The van der Waals surface area contributed by atoms with Gasteiger partial charge in [-0.2, -0.15) is 0 Å². The van der Waals surface area contributed by atoms with Gasteiger partial charge in [0.1, 0.15) is 6.54 Å². The first-order chi connectivity index (χ1) is 9.65. The summed E-state index contributed by atoms with van der Waals surface area (Å²) >= 11 is 0. The molecule has 1 aromatic heterocycles. The lowest BCUT2D eigenvalue weighted by atomic mass is 9.87. The number of carbonyl (C=O) groups is 2. The summed E-state index contributed by atoms with van der Waals surface area (Å²) in [6.45, 7) is 2.07. The molecule has 2 aliphatic rings. The second-order valence-electron chi connectivity index (χ2n) is 5.71. The topological polar surface area (TPSA) is 62.3 Å². The Morgan fingerprint density at radius 2 is 2.15 bits per heavy atom. The minimum absolute atomic E-state index is 0.0536. The Morgan fingerprint density at radius 1 is 1.35 bits per heavy atom. The zero-order valence-electron chi connectivity index (χ0n) is 11.6. The summed E-state index contributed by atoms with van der Waals surface area (Å²) in [5.74, 6) is -0.130. The van der Waals surface area contributed by atoms with Crippen LogP contribution in [0, 0.1) is 6.92 Å². The average molecular weight is 273 g/mol. The Morgan fingerprint density at radius 3 is 2.95 bits per heavy atom. The molecule has 1 aliphatic heterocycles. The number of hydrogen-bond donors (Lipinski definition) is 1. The van der Waals surface area contributed by atoms with Crippen LogP contribution in [0.1, 0.15) is 41.6 Å².